The zero-order chi connectivity index (χ0) is 15.7. The average molecular weight is 320 g/mol. The molecule has 2 aromatic rings. The summed E-state index contributed by atoms with van der Waals surface area (Å²) in [6.07, 6.45) is 5.29. The van der Waals surface area contributed by atoms with Crippen LogP contribution in [0.3, 0.4) is 0 Å². The summed E-state index contributed by atoms with van der Waals surface area (Å²) in [6, 6.07) is 5.88. The fourth-order valence-corrected chi connectivity index (χ4v) is 3.51. The topological polar surface area (TPSA) is 46.9 Å². The van der Waals surface area contributed by atoms with Crippen molar-refractivity contribution >= 4 is 28.4 Å². The molecule has 1 aliphatic rings. The lowest BCUT2D eigenvalue weighted by molar-refractivity contribution is -0.123. The van der Waals surface area contributed by atoms with Crippen LogP contribution in [0, 0.1) is 11.8 Å². The highest BCUT2D eigenvalue weighted by atomic mass is 35.5. The van der Waals surface area contributed by atoms with Gasteiger partial charge in [0.15, 0.2) is 0 Å². The van der Waals surface area contributed by atoms with E-state index in [9.17, 15) is 4.79 Å². The van der Waals surface area contributed by atoms with Crippen molar-refractivity contribution in [2.45, 2.75) is 45.7 Å². The van der Waals surface area contributed by atoms with Gasteiger partial charge < -0.3 is 5.32 Å². The van der Waals surface area contributed by atoms with Crippen LogP contribution < -0.4 is 5.32 Å². The summed E-state index contributed by atoms with van der Waals surface area (Å²) in [7, 11) is 0. The lowest BCUT2D eigenvalue weighted by Crippen LogP contribution is -2.44. The van der Waals surface area contributed by atoms with E-state index in [0.717, 1.165) is 17.3 Å². The molecule has 1 saturated carbocycles. The third-order valence-corrected chi connectivity index (χ3v) is 5.19. The number of hydrogen-bond acceptors (Lipinski definition) is 2. The summed E-state index contributed by atoms with van der Waals surface area (Å²) in [4.78, 5) is 12.4. The van der Waals surface area contributed by atoms with E-state index in [0.29, 0.717) is 16.9 Å². The van der Waals surface area contributed by atoms with Crippen LogP contribution >= 0.6 is 11.6 Å². The molecule has 118 valence electrons. The smallest absolute Gasteiger partial charge is 0.241 e. The van der Waals surface area contributed by atoms with Gasteiger partial charge in [0.1, 0.15) is 6.54 Å². The van der Waals surface area contributed by atoms with Crippen molar-refractivity contribution in [1.82, 2.24) is 15.1 Å². The van der Waals surface area contributed by atoms with Crippen molar-refractivity contribution in [2.24, 2.45) is 11.8 Å². The Balaban J connectivity index is 1.69. The van der Waals surface area contributed by atoms with Gasteiger partial charge in [0.25, 0.3) is 0 Å². The molecule has 5 heteroatoms. The van der Waals surface area contributed by atoms with Gasteiger partial charge in [0.2, 0.25) is 5.91 Å². The molecular weight excluding hydrogens is 298 g/mol. The number of amides is 1. The number of halogens is 1. The van der Waals surface area contributed by atoms with E-state index in [4.69, 9.17) is 11.6 Å². The average Bonchev–Trinajstić information content (AvgIpc) is 2.86. The highest BCUT2D eigenvalue weighted by Crippen LogP contribution is 2.29. The molecule has 22 heavy (non-hydrogen) atoms. The number of aromatic nitrogens is 2. The lowest BCUT2D eigenvalue weighted by atomic mass is 9.78. The normalized spacial score (nSPS) is 25.3. The molecular formula is C17H22ClN3O. The second-order valence-electron chi connectivity index (χ2n) is 6.45. The molecule has 3 atom stereocenters. The van der Waals surface area contributed by atoms with Crippen LogP contribution in [0.15, 0.2) is 24.4 Å². The van der Waals surface area contributed by atoms with Gasteiger partial charge >= 0.3 is 0 Å². The predicted molar refractivity (Wildman–Crippen MR) is 88.9 cm³/mol. The standard InChI is InChI=1S/C17H22ClN3O/c1-11-4-3-5-15(12(11)2)20-17(22)10-21-16-8-14(18)7-6-13(16)9-19-21/h6-9,11-12,15H,3-5,10H2,1-2H3,(H,20,22)/t11-,12-,15-/m1/s1. The second-order valence-corrected chi connectivity index (χ2v) is 6.88. The van der Waals surface area contributed by atoms with Gasteiger partial charge in [-0.25, -0.2) is 0 Å². The Bertz CT molecular complexity index is 682. The predicted octanol–water partition coefficient (Wildman–Crippen LogP) is 3.63. The van der Waals surface area contributed by atoms with Crippen LogP contribution in [-0.2, 0) is 11.3 Å². The number of benzene rings is 1. The monoisotopic (exact) mass is 319 g/mol. The van der Waals surface area contributed by atoms with E-state index in [-0.39, 0.29) is 18.5 Å². The maximum absolute atomic E-state index is 12.4. The lowest BCUT2D eigenvalue weighted by Gasteiger charge is -2.34. The second kappa shape index (κ2) is 6.29. The molecule has 1 fully saturated rings. The minimum absolute atomic E-state index is 0.0240. The first-order chi connectivity index (χ1) is 10.5. The summed E-state index contributed by atoms with van der Waals surface area (Å²) in [5.74, 6) is 1.22. The number of carbonyl (C=O) groups excluding carboxylic acids is 1. The Labute approximate surface area is 135 Å². The van der Waals surface area contributed by atoms with Gasteiger partial charge in [-0.2, -0.15) is 5.10 Å². The summed E-state index contributed by atoms with van der Waals surface area (Å²) < 4.78 is 1.72. The summed E-state index contributed by atoms with van der Waals surface area (Å²) in [5, 5.41) is 9.14. The van der Waals surface area contributed by atoms with E-state index in [2.05, 4.69) is 24.3 Å². The fraction of sp³-hybridized carbons (Fsp3) is 0.529. The summed E-state index contributed by atoms with van der Waals surface area (Å²) in [6.45, 7) is 4.74. The van der Waals surface area contributed by atoms with Gasteiger partial charge in [-0.3, -0.25) is 9.48 Å². The third kappa shape index (κ3) is 3.12. The van der Waals surface area contributed by atoms with Gasteiger partial charge in [0.05, 0.1) is 11.7 Å². The minimum atomic E-state index is 0.0240. The van der Waals surface area contributed by atoms with E-state index >= 15 is 0 Å². The van der Waals surface area contributed by atoms with E-state index < -0.39 is 0 Å². The highest BCUT2D eigenvalue weighted by molar-refractivity contribution is 6.31. The molecule has 4 nitrogen and oxygen atoms in total. The number of fused-ring (bicyclic) bond motifs is 1. The molecule has 0 spiro atoms. The summed E-state index contributed by atoms with van der Waals surface area (Å²) >= 11 is 6.03. The van der Waals surface area contributed by atoms with Gasteiger partial charge in [-0.1, -0.05) is 38.3 Å². The Morgan fingerprint density at radius 3 is 3.05 bits per heavy atom. The van der Waals surface area contributed by atoms with Crippen molar-refractivity contribution < 1.29 is 4.79 Å². The molecule has 1 aliphatic carbocycles. The zero-order valence-electron chi connectivity index (χ0n) is 13.1. The first-order valence-corrected chi connectivity index (χ1v) is 8.33. The molecule has 1 amide bonds. The molecule has 0 aliphatic heterocycles. The number of rotatable bonds is 3. The Morgan fingerprint density at radius 2 is 2.23 bits per heavy atom. The van der Waals surface area contributed by atoms with Crippen LogP contribution in [0.4, 0.5) is 0 Å². The van der Waals surface area contributed by atoms with Gasteiger partial charge in [-0.05, 0) is 36.5 Å². The number of carbonyl (C=O) groups is 1. The number of hydrogen-bond donors (Lipinski definition) is 1. The molecule has 3 rings (SSSR count). The number of nitrogens with zero attached hydrogens (tertiary/aromatic N) is 2. The Kier molecular flexibility index (Phi) is 4.39. The molecule has 1 aromatic carbocycles. The van der Waals surface area contributed by atoms with E-state index in [1.165, 1.54) is 12.8 Å². The van der Waals surface area contributed by atoms with Crippen LogP contribution in [0.5, 0.6) is 0 Å². The van der Waals surface area contributed by atoms with Crippen molar-refractivity contribution in [3.05, 3.63) is 29.4 Å². The molecule has 1 heterocycles. The van der Waals surface area contributed by atoms with Gasteiger partial charge in [-0.15, -0.1) is 0 Å². The van der Waals surface area contributed by atoms with Crippen LogP contribution in [0.25, 0.3) is 10.9 Å². The Morgan fingerprint density at radius 1 is 1.41 bits per heavy atom. The van der Waals surface area contributed by atoms with Crippen LogP contribution in [-0.4, -0.2) is 21.7 Å². The third-order valence-electron chi connectivity index (χ3n) is 4.95. The maximum atomic E-state index is 12.4. The largest absolute Gasteiger partial charge is 0.351 e. The van der Waals surface area contributed by atoms with Crippen molar-refractivity contribution in [1.29, 1.82) is 0 Å². The SMILES string of the molecule is C[C@@H]1[C@H](C)CCC[C@H]1NC(=O)Cn1ncc2ccc(Cl)cc21. The maximum Gasteiger partial charge on any atom is 0.241 e. The first kappa shape index (κ1) is 15.3. The van der Waals surface area contributed by atoms with E-state index in [1.54, 1.807) is 10.9 Å². The van der Waals surface area contributed by atoms with E-state index in [1.807, 2.05) is 18.2 Å². The van der Waals surface area contributed by atoms with Crippen molar-refractivity contribution in [3.8, 4) is 0 Å². The summed E-state index contributed by atoms with van der Waals surface area (Å²) in [5.41, 5.74) is 0.896. The van der Waals surface area contributed by atoms with Gasteiger partial charge in [0, 0.05) is 16.5 Å². The Hall–Kier alpha value is -1.55. The van der Waals surface area contributed by atoms with Crippen LogP contribution in [0.1, 0.15) is 33.1 Å². The molecule has 1 N–H and O–H groups in total. The number of nitrogens with one attached hydrogen (secondary N) is 1. The molecule has 0 radical (unpaired) electrons. The zero-order valence-corrected chi connectivity index (χ0v) is 13.8. The highest BCUT2D eigenvalue weighted by Gasteiger charge is 2.28. The molecule has 0 saturated heterocycles. The first-order valence-electron chi connectivity index (χ1n) is 7.95. The molecule has 0 unspecified atom stereocenters. The van der Waals surface area contributed by atoms with Crippen molar-refractivity contribution in [2.75, 3.05) is 0 Å². The van der Waals surface area contributed by atoms with Crippen LogP contribution in [0.2, 0.25) is 5.02 Å². The van der Waals surface area contributed by atoms with Crippen molar-refractivity contribution in [3.63, 3.8) is 0 Å². The minimum Gasteiger partial charge on any atom is -0.351 e. The molecule has 1 aromatic heterocycles. The molecule has 0 bridgehead atoms. The quantitative estimate of drug-likeness (QED) is 0.939. The fourth-order valence-electron chi connectivity index (χ4n) is 3.34.